The van der Waals surface area contributed by atoms with Crippen molar-refractivity contribution in [2.24, 2.45) is 5.92 Å². The Hall–Kier alpha value is -2.94. The van der Waals surface area contributed by atoms with Crippen LogP contribution in [0.4, 0.5) is 5.13 Å². The number of fused-ring (bicyclic) bond motifs is 1. The molecule has 7 nitrogen and oxygen atoms in total. The largest absolute Gasteiger partial charge is 0.488 e. The number of aromatic nitrogens is 1. The number of carbonyl (C=O) groups is 1. The first kappa shape index (κ1) is 29.5. The predicted octanol–water partition coefficient (Wildman–Crippen LogP) is 5.88. The summed E-state index contributed by atoms with van der Waals surface area (Å²) in [4.78, 5) is 20.0. The summed E-state index contributed by atoms with van der Waals surface area (Å²) in [6, 6.07) is 10.8. The molecule has 8 heteroatoms. The molecule has 1 N–H and O–H groups in total. The van der Waals surface area contributed by atoms with Crippen molar-refractivity contribution in [3.05, 3.63) is 63.5 Å². The molecular formula is C33H43N3O4S. The number of methoxy groups -OCH3 is 1. The molecule has 0 amide bonds. The number of para-hydroxylation sites is 1. The van der Waals surface area contributed by atoms with Crippen LogP contribution in [0, 0.1) is 19.8 Å². The molecule has 0 radical (unpaired) electrons. The van der Waals surface area contributed by atoms with Gasteiger partial charge in [-0.1, -0.05) is 24.3 Å². The van der Waals surface area contributed by atoms with Crippen molar-refractivity contribution in [3.63, 3.8) is 0 Å². The van der Waals surface area contributed by atoms with Gasteiger partial charge < -0.3 is 24.4 Å². The average Bonchev–Trinajstić information content (AvgIpc) is 3.29. The molecule has 2 aliphatic heterocycles. The molecule has 1 fully saturated rings. The molecule has 1 aromatic heterocycles. The summed E-state index contributed by atoms with van der Waals surface area (Å²) in [6.45, 7) is 13.9. The van der Waals surface area contributed by atoms with Gasteiger partial charge in [0.15, 0.2) is 5.13 Å². The normalized spacial score (nSPS) is 19.4. The van der Waals surface area contributed by atoms with Gasteiger partial charge in [0.05, 0.1) is 17.7 Å². The summed E-state index contributed by atoms with van der Waals surface area (Å²) < 4.78 is 17.9. The number of carbonyl (C=O) groups excluding carboxylic acids is 1. The van der Waals surface area contributed by atoms with Crippen LogP contribution in [0.25, 0.3) is 11.3 Å². The highest BCUT2D eigenvalue weighted by Crippen LogP contribution is 2.37. The van der Waals surface area contributed by atoms with Gasteiger partial charge in [0.1, 0.15) is 18.0 Å². The first-order chi connectivity index (χ1) is 19.6. The maximum Gasteiger partial charge on any atom is 0.312 e. The summed E-state index contributed by atoms with van der Waals surface area (Å²) in [7, 11) is 1.66. The Morgan fingerprint density at radius 3 is 2.73 bits per heavy atom. The van der Waals surface area contributed by atoms with Gasteiger partial charge in [-0.2, -0.15) is 0 Å². The summed E-state index contributed by atoms with van der Waals surface area (Å²) in [5.74, 6) is 0.406. The predicted molar refractivity (Wildman–Crippen MR) is 165 cm³/mol. The summed E-state index contributed by atoms with van der Waals surface area (Å²) in [5, 5.41) is 6.53. The Kier molecular flexibility index (Phi) is 9.02. The zero-order chi connectivity index (χ0) is 29.1. The SMILES string of the molecule is CO[C@H]1CN(c2nc(-c3cccc(C)c3OCc3cc(C)c4c(c3)CCNCC4)cs2)CC[C@H]1C(=O)OC(C)(C)C. The molecule has 0 spiro atoms. The first-order valence-corrected chi connectivity index (χ1v) is 15.5. The average molecular weight is 578 g/mol. The topological polar surface area (TPSA) is 72.9 Å². The van der Waals surface area contributed by atoms with Crippen molar-refractivity contribution in [1.82, 2.24) is 10.3 Å². The summed E-state index contributed by atoms with van der Waals surface area (Å²) >= 11 is 1.61. The highest BCUT2D eigenvalue weighted by Gasteiger charge is 2.37. The molecule has 220 valence electrons. The molecule has 0 aliphatic carbocycles. The number of piperidine rings is 1. The van der Waals surface area contributed by atoms with Crippen LogP contribution in [0.3, 0.4) is 0 Å². The third-order valence-electron chi connectivity index (χ3n) is 7.95. The molecular weight excluding hydrogens is 534 g/mol. The molecule has 41 heavy (non-hydrogen) atoms. The van der Waals surface area contributed by atoms with Gasteiger partial charge in [-0.3, -0.25) is 4.79 Å². The Morgan fingerprint density at radius 2 is 1.95 bits per heavy atom. The van der Waals surface area contributed by atoms with Gasteiger partial charge in [-0.15, -0.1) is 11.3 Å². The quantitative estimate of drug-likeness (QED) is 0.352. The zero-order valence-electron chi connectivity index (χ0n) is 25.2. The number of nitrogens with one attached hydrogen (secondary N) is 1. The fourth-order valence-electron chi connectivity index (χ4n) is 5.91. The van der Waals surface area contributed by atoms with Crippen molar-refractivity contribution in [2.75, 3.05) is 38.2 Å². The molecule has 2 aliphatic rings. The number of hydrogen-bond donors (Lipinski definition) is 1. The number of rotatable bonds is 7. The van der Waals surface area contributed by atoms with Crippen LogP contribution in [0.15, 0.2) is 35.7 Å². The van der Waals surface area contributed by atoms with Crippen LogP contribution in [-0.4, -0.2) is 55.9 Å². The molecule has 2 aromatic carbocycles. The monoisotopic (exact) mass is 577 g/mol. The Morgan fingerprint density at radius 1 is 1.15 bits per heavy atom. The molecule has 0 unspecified atom stereocenters. The van der Waals surface area contributed by atoms with E-state index in [1.54, 1.807) is 18.4 Å². The lowest BCUT2D eigenvalue weighted by molar-refractivity contribution is -0.165. The second kappa shape index (κ2) is 12.5. The van der Waals surface area contributed by atoms with Gasteiger partial charge in [-0.25, -0.2) is 4.98 Å². The number of thiazole rings is 1. The number of hydrogen-bond acceptors (Lipinski definition) is 8. The standard InChI is InChI=1S/C33H43N3O4S/c1-21-8-7-9-26(30(21)39-19-23-16-22(2)25-11-14-34-13-10-24(25)17-23)28-20-41-32(35-28)36-15-12-27(29(18-36)38-6)31(37)40-33(3,4)5/h7-9,16-17,20,27,29,34H,10-15,18-19H2,1-6H3/t27-,29+/m1/s1. The van der Waals surface area contributed by atoms with E-state index in [0.717, 1.165) is 60.2 Å². The minimum atomic E-state index is -0.514. The van der Waals surface area contributed by atoms with E-state index in [9.17, 15) is 4.79 Å². The van der Waals surface area contributed by atoms with Gasteiger partial charge >= 0.3 is 5.97 Å². The van der Waals surface area contributed by atoms with Crippen LogP contribution in [-0.2, 0) is 33.7 Å². The van der Waals surface area contributed by atoms with Crippen LogP contribution in [0.2, 0.25) is 0 Å². The van der Waals surface area contributed by atoms with Crippen LogP contribution < -0.4 is 15.0 Å². The molecule has 3 aromatic rings. The first-order valence-electron chi connectivity index (χ1n) is 14.6. The number of benzene rings is 2. The van der Waals surface area contributed by atoms with Crippen LogP contribution >= 0.6 is 11.3 Å². The lowest BCUT2D eigenvalue weighted by Crippen LogP contribution is -2.49. The second-order valence-electron chi connectivity index (χ2n) is 12.2. The van der Waals surface area contributed by atoms with Gasteiger partial charge in [-0.05, 0) is 101 Å². The van der Waals surface area contributed by atoms with E-state index in [1.807, 2.05) is 20.8 Å². The minimum Gasteiger partial charge on any atom is -0.488 e. The number of anilines is 1. The maximum atomic E-state index is 12.8. The number of nitrogens with zero attached hydrogens (tertiary/aromatic N) is 2. The number of aryl methyl sites for hydroxylation is 2. The maximum absolute atomic E-state index is 12.8. The Labute approximate surface area is 248 Å². The van der Waals surface area contributed by atoms with E-state index < -0.39 is 5.60 Å². The Bertz CT molecular complexity index is 1380. The van der Waals surface area contributed by atoms with E-state index in [-0.39, 0.29) is 18.0 Å². The molecule has 0 bridgehead atoms. The van der Waals surface area contributed by atoms with Crippen molar-refractivity contribution in [2.45, 2.75) is 72.2 Å². The van der Waals surface area contributed by atoms with E-state index in [0.29, 0.717) is 19.6 Å². The molecule has 2 atom stereocenters. The molecule has 1 saturated heterocycles. The lowest BCUT2D eigenvalue weighted by atomic mass is 9.93. The van der Waals surface area contributed by atoms with Gasteiger partial charge in [0.2, 0.25) is 0 Å². The van der Waals surface area contributed by atoms with Crippen molar-refractivity contribution in [1.29, 1.82) is 0 Å². The smallest absolute Gasteiger partial charge is 0.312 e. The van der Waals surface area contributed by atoms with Crippen LogP contribution in [0.5, 0.6) is 5.75 Å². The molecule has 5 rings (SSSR count). The van der Waals surface area contributed by atoms with E-state index in [4.69, 9.17) is 19.2 Å². The fourth-order valence-corrected chi connectivity index (χ4v) is 6.77. The summed E-state index contributed by atoms with van der Waals surface area (Å²) in [5.41, 5.74) is 7.94. The highest BCUT2D eigenvalue weighted by molar-refractivity contribution is 7.14. The Balaban J connectivity index is 1.31. The van der Waals surface area contributed by atoms with Crippen molar-refractivity contribution < 1.29 is 19.0 Å². The van der Waals surface area contributed by atoms with Gasteiger partial charge in [0, 0.05) is 31.1 Å². The lowest BCUT2D eigenvalue weighted by Gasteiger charge is -2.37. The third-order valence-corrected chi connectivity index (χ3v) is 8.85. The summed E-state index contributed by atoms with van der Waals surface area (Å²) in [6.07, 6.45) is 2.56. The zero-order valence-corrected chi connectivity index (χ0v) is 26.0. The number of ether oxygens (including phenoxy) is 3. The third kappa shape index (κ3) is 6.93. The van der Waals surface area contributed by atoms with Gasteiger partial charge in [0.25, 0.3) is 0 Å². The number of esters is 1. The van der Waals surface area contributed by atoms with E-state index in [2.05, 4.69) is 59.8 Å². The van der Waals surface area contributed by atoms with E-state index in [1.165, 1.54) is 22.3 Å². The minimum absolute atomic E-state index is 0.188. The van der Waals surface area contributed by atoms with Crippen molar-refractivity contribution in [3.8, 4) is 17.0 Å². The molecule has 3 heterocycles. The second-order valence-corrected chi connectivity index (χ2v) is 13.0. The van der Waals surface area contributed by atoms with Crippen molar-refractivity contribution >= 4 is 22.4 Å². The molecule has 0 saturated carbocycles. The highest BCUT2D eigenvalue weighted by atomic mass is 32.1. The fraction of sp³-hybridized carbons (Fsp3) is 0.515. The van der Waals surface area contributed by atoms with E-state index >= 15 is 0 Å². The van der Waals surface area contributed by atoms with Crippen LogP contribution in [0.1, 0.15) is 55.0 Å².